The molecule has 1 N–H and O–H groups in total. The standard InChI is InChI=1S/C17H17N3O3S/c1-12(2)23-14-8-10-18-16(11-14)24(21,22)20-15-7-3-5-13-6-4-9-19-17(13)15/h3-12,20H,1-2H3. The second kappa shape index (κ2) is 6.45. The monoisotopic (exact) mass is 343 g/mol. The van der Waals surface area contributed by atoms with Gasteiger partial charge in [0, 0.05) is 23.8 Å². The third-order valence-corrected chi connectivity index (χ3v) is 4.49. The van der Waals surface area contributed by atoms with Gasteiger partial charge in [-0.15, -0.1) is 0 Å². The molecule has 0 fully saturated rings. The largest absolute Gasteiger partial charge is 0.491 e. The maximum atomic E-state index is 12.6. The smallest absolute Gasteiger partial charge is 0.279 e. The first-order valence-corrected chi connectivity index (χ1v) is 8.93. The number of para-hydroxylation sites is 1. The third-order valence-electron chi connectivity index (χ3n) is 3.23. The predicted octanol–water partition coefficient (Wildman–Crippen LogP) is 3.22. The number of hydrogen-bond acceptors (Lipinski definition) is 5. The molecular weight excluding hydrogens is 326 g/mol. The molecule has 0 aliphatic rings. The average molecular weight is 343 g/mol. The molecule has 2 heterocycles. The Morgan fingerprint density at radius 3 is 2.62 bits per heavy atom. The first-order chi connectivity index (χ1) is 11.5. The molecular formula is C17H17N3O3S. The van der Waals surface area contributed by atoms with Crippen LogP contribution in [0.25, 0.3) is 10.9 Å². The number of hydrogen-bond donors (Lipinski definition) is 1. The highest BCUT2D eigenvalue weighted by Crippen LogP contribution is 2.24. The Morgan fingerprint density at radius 2 is 1.83 bits per heavy atom. The van der Waals surface area contributed by atoms with Crippen LogP contribution in [0.3, 0.4) is 0 Å². The van der Waals surface area contributed by atoms with Crippen molar-refractivity contribution in [2.75, 3.05) is 4.72 Å². The highest BCUT2D eigenvalue weighted by molar-refractivity contribution is 7.92. The Hall–Kier alpha value is -2.67. The molecule has 0 aliphatic heterocycles. The predicted molar refractivity (Wildman–Crippen MR) is 92.6 cm³/mol. The quantitative estimate of drug-likeness (QED) is 0.769. The molecule has 3 rings (SSSR count). The SMILES string of the molecule is CC(C)Oc1ccnc(S(=O)(=O)Nc2cccc3cccnc23)c1. The summed E-state index contributed by atoms with van der Waals surface area (Å²) in [5, 5.41) is 0.746. The minimum atomic E-state index is -3.84. The maximum Gasteiger partial charge on any atom is 0.279 e. The fraction of sp³-hybridized carbons (Fsp3) is 0.176. The molecule has 1 aromatic carbocycles. The number of anilines is 1. The molecule has 0 radical (unpaired) electrons. The van der Waals surface area contributed by atoms with Crippen molar-refractivity contribution >= 4 is 26.6 Å². The average Bonchev–Trinajstić information content (AvgIpc) is 2.55. The second-order valence-corrected chi connectivity index (χ2v) is 7.11. The lowest BCUT2D eigenvalue weighted by Gasteiger charge is -2.12. The second-order valence-electron chi connectivity index (χ2n) is 5.48. The number of benzene rings is 1. The van der Waals surface area contributed by atoms with E-state index in [9.17, 15) is 8.42 Å². The van der Waals surface area contributed by atoms with Crippen LogP contribution in [0.1, 0.15) is 13.8 Å². The van der Waals surface area contributed by atoms with Gasteiger partial charge in [0.25, 0.3) is 10.0 Å². The Bertz CT molecular complexity index is 966. The van der Waals surface area contributed by atoms with E-state index in [-0.39, 0.29) is 11.1 Å². The molecule has 2 aromatic heterocycles. The van der Waals surface area contributed by atoms with E-state index in [4.69, 9.17) is 4.74 Å². The van der Waals surface area contributed by atoms with Gasteiger partial charge in [0.15, 0.2) is 5.03 Å². The van der Waals surface area contributed by atoms with Gasteiger partial charge in [0.1, 0.15) is 5.75 Å². The number of nitrogens with zero attached hydrogens (tertiary/aromatic N) is 2. The van der Waals surface area contributed by atoms with Crippen molar-refractivity contribution in [2.45, 2.75) is 25.0 Å². The Labute approximate surface area is 140 Å². The fourth-order valence-corrected chi connectivity index (χ4v) is 3.30. The van der Waals surface area contributed by atoms with Crippen LogP contribution in [-0.4, -0.2) is 24.5 Å². The van der Waals surface area contributed by atoms with E-state index in [1.807, 2.05) is 26.0 Å². The van der Waals surface area contributed by atoms with Crippen molar-refractivity contribution in [1.82, 2.24) is 9.97 Å². The Kier molecular flexibility index (Phi) is 4.35. The third kappa shape index (κ3) is 3.46. The van der Waals surface area contributed by atoms with Gasteiger partial charge >= 0.3 is 0 Å². The van der Waals surface area contributed by atoms with E-state index in [1.54, 1.807) is 30.5 Å². The molecule has 0 spiro atoms. The highest BCUT2D eigenvalue weighted by atomic mass is 32.2. The fourth-order valence-electron chi connectivity index (χ4n) is 2.27. The van der Waals surface area contributed by atoms with Crippen molar-refractivity contribution in [3.8, 4) is 5.75 Å². The minimum Gasteiger partial charge on any atom is -0.491 e. The van der Waals surface area contributed by atoms with Gasteiger partial charge in [-0.05, 0) is 32.0 Å². The number of sulfonamides is 1. The summed E-state index contributed by atoms with van der Waals surface area (Å²) in [7, 11) is -3.84. The van der Waals surface area contributed by atoms with Crippen molar-refractivity contribution in [1.29, 1.82) is 0 Å². The van der Waals surface area contributed by atoms with Crippen LogP contribution in [0, 0.1) is 0 Å². The molecule has 6 nitrogen and oxygen atoms in total. The van der Waals surface area contributed by atoms with E-state index in [1.165, 1.54) is 12.3 Å². The van der Waals surface area contributed by atoms with Gasteiger partial charge in [0.05, 0.1) is 17.3 Å². The van der Waals surface area contributed by atoms with E-state index in [2.05, 4.69) is 14.7 Å². The lowest BCUT2D eigenvalue weighted by molar-refractivity contribution is 0.241. The van der Waals surface area contributed by atoms with Gasteiger partial charge in [-0.25, -0.2) is 4.98 Å². The van der Waals surface area contributed by atoms with E-state index >= 15 is 0 Å². The van der Waals surface area contributed by atoms with Gasteiger partial charge in [-0.1, -0.05) is 18.2 Å². The Balaban J connectivity index is 1.96. The molecule has 24 heavy (non-hydrogen) atoms. The normalized spacial score (nSPS) is 11.6. The van der Waals surface area contributed by atoms with Crippen LogP contribution >= 0.6 is 0 Å². The zero-order chi connectivity index (χ0) is 17.2. The first kappa shape index (κ1) is 16.2. The summed E-state index contributed by atoms with van der Waals surface area (Å²) in [6.45, 7) is 3.74. The van der Waals surface area contributed by atoms with Gasteiger partial charge in [-0.3, -0.25) is 9.71 Å². The van der Waals surface area contributed by atoms with E-state index < -0.39 is 10.0 Å². The minimum absolute atomic E-state index is 0.0572. The van der Waals surface area contributed by atoms with E-state index in [0.717, 1.165) is 5.39 Å². The lowest BCUT2D eigenvalue weighted by atomic mass is 10.2. The molecule has 3 aromatic rings. The molecule has 0 saturated heterocycles. The molecule has 0 amide bonds. The molecule has 0 aliphatic carbocycles. The summed E-state index contributed by atoms with van der Waals surface area (Å²) in [5.41, 5.74) is 0.989. The zero-order valence-corrected chi connectivity index (χ0v) is 14.1. The maximum absolute atomic E-state index is 12.6. The van der Waals surface area contributed by atoms with Gasteiger partial charge < -0.3 is 4.74 Å². The summed E-state index contributed by atoms with van der Waals surface area (Å²) < 4.78 is 33.3. The van der Waals surface area contributed by atoms with Crippen LogP contribution in [-0.2, 0) is 10.0 Å². The van der Waals surface area contributed by atoms with Crippen LogP contribution in [0.15, 0.2) is 59.9 Å². The Morgan fingerprint density at radius 1 is 1.04 bits per heavy atom. The molecule has 0 atom stereocenters. The van der Waals surface area contributed by atoms with Crippen LogP contribution < -0.4 is 9.46 Å². The number of aromatic nitrogens is 2. The highest BCUT2D eigenvalue weighted by Gasteiger charge is 2.18. The van der Waals surface area contributed by atoms with Crippen LogP contribution in [0.2, 0.25) is 0 Å². The molecule has 0 bridgehead atoms. The van der Waals surface area contributed by atoms with Crippen molar-refractivity contribution < 1.29 is 13.2 Å². The van der Waals surface area contributed by atoms with Crippen molar-refractivity contribution in [3.05, 3.63) is 54.9 Å². The number of nitrogens with one attached hydrogen (secondary N) is 1. The summed E-state index contributed by atoms with van der Waals surface area (Å²) >= 11 is 0. The number of pyridine rings is 2. The molecule has 0 saturated carbocycles. The topological polar surface area (TPSA) is 81.2 Å². The van der Waals surface area contributed by atoms with Crippen molar-refractivity contribution in [3.63, 3.8) is 0 Å². The summed E-state index contributed by atoms with van der Waals surface area (Å²) in [6.07, 6.45) is 2.97. The molecule has 7 heteroatoms. The van der Waals surface area contributed by atoms with Crippen molar-refractivity contribution in [2.24, 2.45) is 0 Å². The molecule has 0 unspecified atom stereocenters. The molecule has 124 valence electrons. The van der Waals surface area contributed by atoms with Crippen LogP contribution in [0.4, 0.5) is 5.69 Å². The first-order valence-electron chi connectivity index (χ1n) is 7.45. The van der Waals surface area contributed by atoms with Crippen LogP contribution in [0.5, 0.6) is 5.75 Å². The number of ether oxygens (including phenoxy) is 1. The summed E-state index contributed by atoms with van der Waals surface area (Å²) in [6, 6.07) is 12.0. The number of rotatable bonds is 5. The van der Waals surface area contributed by atoms with Gasteiger partial charge in [0.2, 0.25) is 0 Å². The zero-order valence-electron chi connectivity index (χ0n) is 13.3. The van der Waals surface area contributed by atoms with Gasteiger partial charge in [-0.2, -0.15) is 8.42 Å². The van der Waals surface area contributed by atoms with E-state index in [0.29, 0.717) is 17.0 Å². The summed E-state index contributed by atoms with van der Waals surface area (Å²) in [5.74, 6) is 0.455. The lowest BCUT2D eigenvalue weighted by Crippen LogP contribution is -2.15. The number of fused-ring (bicyclic) bond motifs is 1. The summed E-state index contributed by atoms with van der Waals surface area (Å²) in [4.78, 5) is 8.19.